The topological polar surface area (TPSA) is 168 Å². The van der Waals surface area contributed by atoms with Crippen LogP contribution in [-0.4, -0.2) is 47.0 Å². The number of nitrogens with one attached hydrogen (secondary N) is 1. The molecule has 0 saturated carbocycles. The van der Waals surface area contributed by atoms with Gasteiger partial charge in [-0.1, -0.05) is 86.6 Å². The van der Waals surface area contributed by atoms with Gasteiger partial charge in [-0.2, -0.15) is 0 Å². The zero-order valence-corrected chi connectivity index (χ0v) is 26.8. The molecule has 3 rings (SSSR count). The van der Waals surface area contributed by atoms with Gasteiger partial charge in [-0.05, 0) is 47.6 Å². The second kappa shape index (κ2) is 16.2. The van der Waals surface area contributed by atoms with Gasteiger partial charge in [0.1, 0.15) is 29.1 Å². The third-order valence-corrected chi connectivity index (χ3v) is 7.56. The Kier molecular flexibility index (Phi) is 13.6. The maximum atomic E-state index is 13.1. The number of aliphatic hydroxyl groups is 1. The number of esters is 1. The van der Waals surface area contributed by atoms with Gasteiger partial charge in [0.25, 0.3) is 4.93 Å². The quantitative estimate of drug-likeness (QED) is 0.126. The molecule has 0 aliphatic carbocycles. The molecule has 10 nitrogen and oxygen atoms in total. The molecular weight excluding hydrogens is 571 g/mol. The molecule has 0 heterocycles. The maximum Gasteiger partial charge on any atom is 1.00 e. The van der Waals surface area contributed by atoms with Gasteiger partial charge in [-0.3, -0.25) is 4.79 Å². The summed E-state index contributed by atoms with van der Waals surface area (Å²) in [6, 6.07) is 21.2. The molecular formula is C30H35N2NaO8S. The van der Waals surface area contributed by atoms with Crippen LogP contribution < -0.4 is 45.3 Å². The van der Waals surface area contributed by atoms with Crippen LogP contribution in [-0.2, 0) is 44.1 Å². The van der Waals surface area contributed by atoms with E-state index < -0.39 is 52.0 Å². The van der Waals surface area contributed by atoms with Crippen LogP contribution in [0.25, 0.3) is 0 Å². The van der Waals surface area contributed by atoms with Crippen molar-refractivity contribution in [3.8, 4) is 5.75 Å². The molecule has 0 bridgehead atoms. The predicted molar refractivity (Wildman–Crippen MR) is 151 cm³/mol. The van der Waals surface area contributed by atoms with E-state index in [-0.39, 0.29) is 41.9 Å². The van der Waals surface area contributed by atoms with Crippen molar-refractivity contribution in [2.45, 2.75) is 56.9 Å². The van der Waals surface area contributed by atoms with Gasteiger partial charge in [0.15, 0.2) is 0 Å². The standard InChI is InChI=1S/C30H36N2O8S.Na/c1-21(2)17-26(31)28(33)32-27(18-22-13-15-25(16-14-22)39-19-23-9-5-3-6-10-23)30(35,41(36,37)38)29(34)40-20-24-11-7-4-8-12-24;/h3-16,21,26-27,35H,17-20,31H2,1-2H3,(H,32,33)(H,36,37,38);/q;+1/p-1/t26-,27?,30?;/m0./s1. The SMILES string of the molecule is CC(C)C[C@H](N)C(=O)NC(Cc1ccc(OCc2ccccc2)cc1)C(O)(C(=O)OCc1ccccc1)S(=O)(=O)[O-].[Na+]. The second-order valence-corrected chi connectivity index (χ2v) is 11.7. The summed E-state index contributed by atoms with van der Waals surface area (Å²) in [7, 11) is -5.78. The van der Waals surface area contributed by atoms with Crippen molar-refractivity contribution in [1.29, 1.82) is 0 Å². The summed E-state index contributed by atoms with van der Waals surface area (Å²) in [4.78, 5) is 22.3. The molecule has 0 aromatic heterocycles. The van der Waals surface area contributed by atoms with Crippen molar-refractivity contribution < 1.29 is 66.7 Å². The van der Waals surface area contributed by atoms with Gasteiger partial charge in [0.05, 0.1) is 12.1 Å². The minimum absolute atomic E-state index is 0. The molecule has 1 amide bonds. The Labute approximate surface area is 268 Å². The molecule has 3 atom stereocenters. The largest absolute Gasteiger partial charge is 1.00 e. The number of carbonyl (C=O) groups is 2. The molecule has 220 valence electrons. The van der Waals surface area contributed by atoms with E-state index in [2.05, 4.69) is 5.32 Å². The molecule has 12 heteroatoms. The smallest absolute Gasteiger partial charge is 0.745 e. The van der Waals surface area contributed by atoms with E-state index in [1.165, 1.54) is 0 Å². The molecule has 4 N–H and O–H groups in total. The van der Waals surface area contributed by atoms with Crippen molar-refractivity contribution in [3.05, 3.63) is 102 Å². The van der Waals surface area contributed by atoms with Crippen LogP contribution in [0.4, 0.5) is 0 Å². The molecule has 0 aliphatic heterocycles. The summed E-state index contributed by atoms with van der Waals surface area (Å²) >= 11 is 0. The number of ether oxygens (including phenoxy) is 2. The van der Waals surface area contributed by atoms with Crippen molar-refractivity contribution in [2.24, 2.45) is 11.7 Å². The fourth-order valence-electron chi connectivity index (χ4n) is 4.12. The Balaban J connectivity index is 0.00000616. The molecule has 0 spiro atoms. The average Bonchev–Trinajstić information content (AvgIpc) is 2.94. The molecule has 0 saturated heterocycles. The number of nitrogens with two attached hydrogens (primary N) is 1. The van der Waals surface area contributed by atoms with E-state index in [0.717, 1.165) is 5.56 Å². The first-order chi connectivity index (χ1) is 19.4. The van der Waals surface area contributed by atoms with Gasteiger partial charge >= 0.3 is 35.5 Å². The summed E-state index contributed by atoms with van der Waals surface area (Å²) in [5, 5.41) is 13.6. The summed E-state index contributed by atoms with van der Waals surface area (Å²) in [5.74, 6) is -2.01. The van der Waals surface area contributed by atoms with Crippen LogP contribution in [0.1, 0.15) is 37.0 Å². The Morgan fingerprint density at radius 2 is 1.43 bits per heavy atom. The Morgan fingerprint density at radius 1 is 0.905 bits per heavy atom. The zero-order chi connectivity index (χ0) is 30.0. The van der Waals surface area contributed by atoms with Crippen molar-refractivity contribution in [1.82, 2.24) is 5.32 Å². The van der Waals surface area contributed by atoms with Crippen LogP contribution in [0.15, 0.2) is 84.9 Å². The third-order valence-electron chi connectivity index (χ3n) is 6.35. The summed E-state index contributed by atoms with van der Waals surface area (Å²) in [6.45, 7) is 3.59. The van der Waals surface area contributed by atoms with Gasteiger partial charge in [0, 0.05) is 0 Å². The van der Waals surface area contributed by atoms with Gasteiger partial charge in [-0.25, -0.2) is 13.2 Å². The molecule has 2 unspecified atom stereocenters. The number of amides is 1. The number of benzene rings is 3. The minimum atomic E-state index is -5.78. The van der Waals surface area contributed by atoms with Crippen molar-refractivity contribution >= 4 is 22.0 Å². The first-order valence-electron chi connectivity index (χ1n) is 13.1. The van der Waals surface area contributed by atoms with Gasteiger partial charge in [-0.15, -0.1) is 0 Å². The van der Waals surface area contributed by atoms with Gasteiger partial charge in [0.2, 0.25) is 5.91 Å². The fraction of sp³-hybridized carbons (Fsp3) is 0.333. The Morgan fingerprint density at radius 3 is 1.93 bits per heavy atom. The molecule has 0 fully saturated rings. The fourth-order valence-corrected chi connectivity index (χ4v) is 4.88. The number of hydrogen-bond donors (Lipinski definition) is 3. The number of hydrogen-bond acceptors (Lipinski definition) is 9. The number of rotatable bonds is 14. The minimum Gasteiger partial charge on any atom is -0.745 e. The molecule has 0 radical (unpaired) electrons. The Hall–Kier alpha value is -2.77. The monoisotopic (exact) mass is 606 g/mol. The first kappa shape index (κ1) is 35.4. The van der Waals surface area contributed by atoms with Crippen LogP contribution in [0.3, 0.4) is 0 Å². The molecule has 3 aromatic rings. The van der Waals surface area contributed by atoms with Crippen LogP contribution in [0.2, 0.25) is 0 Å². The van der Waals surface area contributed by atoms with Crippen LogP contribution >= 0.6 is 0 Å². The van der Waals surface area contributed by atoms with E-state index in [4.69, 9.17) is 15.2 Å². The Bertz CT molecular complexity index is 1390. The van der Waals surface area contributed by atoms with E-state index in [9.17, 15) is 27.7 Å². The zero-order valence-electron chi connectivity index (χ0n) is 23.9. The van der Waals surface area contributed by atoms with Crippen molar-refractivity contribution in [2.75, 3.05) is 0 Å². The van der Waals surface area contributed by atoms with Gasteiger partial charge < -0.3 is 30.2 Å². The molecule has 0 aliphatic rings. The van der Waals surface area contributed by atoms with E-state index in [1.807, 2.05) is 44.2 Å². The van der Waals surface area contributed by atoms with E-state index >= 15 is 0 Å². The van der Waals surface area contributed by atoms with E-state index in [1.54, 1.807) is 54.6 Å². The maximum absolute atomic E-state index is 13.1. The average molecular weight is 607 g/mol. The van der Waals surface area contributed by atoms with Crippen LogP contribution in [0, 0.1) is 5.92 Å². The third kappa shape index (κ3) is 9.91. The first-order valence-corrected chi connectivity index (χ1v) is 14.5. The van der Waals surface area contributed by atoms with Crippen LogP contribution in [0.5, 0.6) is 5.75 Å². The predicted octanol–water partition coefficient (Wildman–Crippen LogP) is -0.352. The summed E-state index contributed by atoms with van der Waals surface area (Å²) < 4.78 is 48.1. The summed E-state index contributed by atoms with van der Waals surface area (Å²) in [6.07, 6.45) is -0.162. The number of carbonyl (C=O) groups excluding carboxylic acids is 2. The second-order valence-electron chi connectivity index (χ2n) is 10.1. The summed E-state index contributed by atoms with van der Waals surface area (Å²) in [5.41, 5.74) is 7.82. The molecule has 42 heavy (non-hydrogen) atoms. The normalized spacial score (nSPS) is 14.1. The molecule has 3 aromatic carbocycles. The van der Waals surface area contributed by atoms with Crippen molar-refractivity contribution in [3.63, 3.8) is 0 Å². The van der Waals surface area contributed by atoms with E-state index in [0.29, 0.717) is 23.5 Å².